The van der Waals surface area contributed by atoms with Gasteiger partial charge in [0.05, 0.1) is 17.5 Å². The van der Waals surface area contributed by atoms with E-state index >= 15 is 0 Å². The van der Waals surface area contributed by atoms with Gasteiger partial charge < -0.3 is 9.30 Å². The number of ketones is 1. The third-order valence-corrected chi connectivity index (χ3v) is 3.38. The second-order valence-corrected chi connectivity index (χ2v) is 5.81. The summed E-state index contributed by atoms with van der Waals surface area (Å²) in [5.74, 6) is 0.133. The smallest absolute Gasteiger partial charge is 0.177 e. The van der Waals surface area contributed by atoms with Crippen molar-refractivity contribution >= 4 is 21.7 Å². The number of nitrogens with zero attached hydrogens (tertiary/aromatic N) is 1. The molecule has 0 N–H and O–H groups in total. The highest BCUT2D eigenvalue weighted by Gasteiger charge is 2.20. The van der Waals surface area contributed by atoms with Crippen molar-refractivity contribution in [2.75, 3.05) is 13.7 Å². The zero-order valence-electron chi connectivity index (χ0n) is 11.1. The summed E-state index contributed by atoms with van der Waals surface area (Å²) in [7, 11) is 1.69. The van der Waals surface area contributed by atoms with Gasteiger partial charge in [-0.15, -0.1) is 0 Å². The summed E-state index contributed by atoms with van der Waals surface area (Å²) in [6, 6.07) is 2.20. The maximum absolute atomic E-state index is 12.0. The monoisotopic (exact) mass is 301 g/mol. The van der Waals surface area contributed by atoms with E-state index in [1.807, 2.05) is 26.8 Å². The van der Waals surface area contributed by atoms with Crippen molar-refractivity contribution in [1.29, 1.82) is 0 Å². The van der Waals surface area contributed by atoms with Crippen LogP contribution >= 0.6 is 15.9 Å². The molecule has 0 aliphatic carbocycles. The van der Waals surface area contributed by atoms with Crippen molar-refractivity contribution in [2.45, 2.75) is 38.6 Å². The number of Topliss-reactive ketones (excluding diaryl/α,β-unsaturated/α-hetero) is 1. The van der Waals surface area contributed by atoms with Crippen LogP contribution in [0, 0.1) is 13.8 Å². The molecule has 0 fully saturated rings. The molecule has 2 atom stereocenters. The molecule has 4 heteroatoms. The van der Waals surface area contributed by atoms with Gasteiger partial charge in [0.2, 0.25) is 0 Å². The standard InChI is InChI=1S/C13H20BrNO2/c1-8-6-12(13(16)10(3)14)11(4)15(8)9(2)7-17-5/h6,9-10H,7H2,1-5H3. The van der Waals surface area contributed by atoms with Gasteiger partial charge in [0.25, 0.3) is 0 Å². The number of carbonyl (C=O) groups is 1. The fourth-order valence-electron chi connectivity index (χ4n) is 2.23. The van der Waals surface area contributed by atoms with Crippen molar-refractivity contribution < 1.29 is 9.53 Å². The molecule has 0 saturated heterocycles. The fourth-order valence-corrected chi connectivity index (χ4v) is 2.48. The number of halogens is 1. The van der Waals surface area contributed by atoms with Crippen LogP contribution in [0.3, 0.4) is 0 Å². The SMILES string of the molecule is COCC(C)n1c(C)cc(C(=O)C(C)Br)c1C. The lowest BCUT2D eigenvalue weighted by Crippen LogP contribution is -2.16. The highest BCUT2D eigenvalue weighted by Crippen LogP contribution is 2.23. The van der Waals surface area contributed by atoms with Gasteiger partial charge in [0.15, 0.2) is 5.78 Å². The molecule has 1 heterocycles. The highest BCUT2D eigenvalue weighted by molar-refractivity contribution is 9.10. The summed E-state index contributed by atoms with van der Waals surface area (Å²) >= 11 is 3.33. The van der Waals surface area contributed by atoms with E-state index in [2.05, 4.69) is 27.4 Å². The number of carbonyl (C=O) groups excluding carboxylic acids is 1. The van der Waals surface area contributed by atoms with E-state index in [9.17, 15) is 4.79 Å². The summed E-state index contributed by atoms with van der Waals surface area (Å²) in [4.78, 5) is 11.9. The predicted octanol–water partition coefficient (Wildman–Crippen LogP) is 3.28. The number of aromatic nitrogens is 1. The third-order valence-electron chi connectivity index (χ3n) is 2.96. The Kier molecular flexibility index (Phi) is 4.95. The summed E-state index contributed by atoms with van der Waals surface area (Å²) < 4.78 is 7.33. The Bertz CT molecular complexity index is 410. The molecule has 0 saturated carbocycles. The molecule has 0 amide bonds. The van der Waals surface area contributed by atoms with Gasteiger partial charge in [-0.2, -0.15) is 0 Å². The van der Waals surface area contributed by atoms with Crippen LogP contribution in [0.2, 0.25) is 0 Å². The van der Waals surface area contributed by atoms with E-state index in [0.717, 1.165) is 17.0 Å². The average molecular weight is 302 g/mol. The first-order valence-electron chi connectivity index (χ1n) is 5.75. The summed E-state index contributed by atoms with van der Waals surface area (Å²) in [6.45, 7) is 8.60. The Morgan fingerprint density at radius 2 is 2.06 bits per heavy atom. The summed E-state index contributed by atoms with van der Waals surface area (Å²) in [5.41, 5.74) is 2.92. The first-order chi connectivity index (χ1) is 7.90. The Hall–Kier alpha value is -0.610. The first-order valence-corrected chi connectivity index (χ1v) is 6.67. The normalized spacial score (nSPS) is 14.7. The van der Waals surface area contributed by atoms with Crippen molar-refractivity contribution in [1.82, 2.24) is 4.57 Å². The quantitative estimate of drug-likeness (QED) is 0.617. The van der Waals surface area contributed by atoms with Gasteiger partial charge in [0.1, 0.15) is 0 Å². The Balaban J connectivity index is 3.14. The Morgan fingerprint density at radius 3 is 2.53 bits per heavy atom. The number of hydrogen-bond donors (Lipinski definition) is 0. The number of hydrogen-bond acceptors (Lipinski definition) is 2. The fraction of sp³-hybridized carbons (Fsp3) is 0.615. The topological polar surface area (TPSA) is 31.2 Å². The third kappa shape index (κ3) is 2.99. The molecule has 3 nitrogen and oxygen atoms in total. The molecule has 0 aromatic carbocycles. The minimum absolute atomic E-state index is 0.133. The molecule has 1 aromatic heterocycles. The molecular weight excluding hydrogens is 282 g/mol. The summed E-state index contributed by atoms with van der Waals surface area (Å²) in [6.07, 6.45) is 0. The molecule has 2 unspecified atom stereocenters. The first kappa shape index (κ1) is 14.5. The zero-order chi connectivity index (χ0) is 13.2. The van der Waals surface area contributed by atoms with Crippen LogP contribution in [0.1, 0.15) is 41.6 Å². The molecule has 0 radical (unpaired) electrons. The second-order valence-electron chi connectivity index (χ2n) is 4.44. The molecule has 0 aliphatic rings. The summed E-state index contributed by atoms with van der Waals surface area (Å²) in [5, 5.41) is 0. The van der Waals surface area contributed by atoms with E-state index < -0.39 is 0 Å². The molecule has 0 aliphatic heterocycles. The van der Waals surface area contributed by atoms with E-state index in [-0.39, 0.29) is 16.7 Å². The molecule has 1 aromatic rings. The molecule has 1 rings (SSSR count). The lowest BCUT2D eigenvalue weighted by atomic mass is 10.1. The van der Waals surface area contributed by atoms with Crippen LogP contribution in [0.5, 0.6) is 0 Å². The maximum Gasteiger partial charge on any atom is 0.177 e. The average Bonchev–Trinajstić information content (AvgIpc) is 2.53. The van der Waals surface area contributed by atoms with Gasteiger partial charge in [-0.25, -0.2) is 0 Å². The highest BCUT2D eigenvalue weighted by atomic mass is 79.9. The lowest BCUT2D eigenvalue weighted by Gasteiger charge is -2.17. The number of rotatable bonds is 5. The molecule has 0 spiro atoms. The minimum atomic E-state index is -0.144. The number of alkyl halides is 1. The van der Waals surface area contributed by atoms with Crippen LogP contribution < -0.4 is 0 Å². The molecular formula is C13H20BrNO2. The van der Waals surface area contributed by atoms with Crippen LogP contribution in [0.25, 0.3) is 0 Å². The molecule has 96 valence electrons. The number of methoxy groups -OCH3 is 1. The minimum Gasteiger partial charge on any atom is -0.383 e. The van der Waals surface area contributed by atoms with Gasteiger partial charge >= 0.3 is 0 Å². The number of aryl methyl sites for hydroxylation is 1. The van der Waals surface area contributed by atoms with E-state index in [1.54, 1.807) is 7.11 Å². The number of ether oxygens (including phenoxy) is 1. The van der Waals surface area contributed by atoms with Gasteiger partial charge in [0, 0.05) is 24.1 Å². The van der Waals surface area contributed by atoms with Crippen LogP contribution in [0.15, 0.2) is 6.07 Å². The molecule has 17 heavy (non-hydrogen) atoms. The van der Waals surface area contributed by atoms with Crippen molar-refractivity contribution in [2.24, 2.45) is 0 Å². The lowest BCUT2D eigenvalue weighted by molar-refractivity contribution is 0.0994. The van der Waals surface area contributed by atoms with Gasteiger partial charge in [-0.05, 0) is 33.8 Å². The second kappa shape index (κ2) is 5.83. The van der Waals surface area contributed by atoms with Gasteiger partial charge in [-0.3, -0.25) is 4.79 Å². The molecule has 0 bridgehead atoms. The van der Waals surface area contributed by atoms with Crippen LogP contribution in [0.4, 0.5) is 0 Å². The van der Waals surface area contributed by atoms with Crippen molar-refractivity contribution in [3.05, 3.63) is 23.0 Å². The Labute approximate surface area is 111 Å². The zero-order valence-corrected chi connectivity index (χ0v) is 12.7. The Morgan fingerprint density at radius 1 is 1.47 bits per heavy atom. The van der Waals surface area contributed by atoms with Crippen LogP contribution in [-0.2, 0) is 4.74 Å². The van der Waals surface area contributed by atoms with E-state index in [4.69, 9.17) is 4.74 Å². The van der Waals surface area contributed by atoms with Gasteiger partial charge in [-0.1, -0.05) is 15.9 Å². The predicted molar refractivity (Wildman–Crippen MR) is 73.2 cm³/mol. The largest absolute Gasteiger partial charge is 0.383 e. The van der Waals surface area contributed by atoms with Crippen molar-refractivity contribution in [3.8, 4) is 0 Å². The van der Waals surface area contributed by atoms with E-state index in [1.165, 1.54) is 0 Å². The maximum atomic E-state index is 12.0. The van der Waals surface area contributed by atoms with Crippen LogP contribution in [-0.4, -0.2) is 28.9 Å². The van der Waals surface area contributed by atoms with Crippen molar-refractivity contribution in [3.63, 3.8) is 0 Å². The van der Waals surface area contributed by atoms with E-state index in [0.29, 0.717) is 6.61 Å².